The first-order valence-corrected chi connectivity index (χ1v) is 7.50. The minimum Gasteiger partial charge on any atom is -0.348 e. The first kappa shape index (κ1) is 14.3. The van der Waals surface area contributed by atoms with Crippen LogP contribution in [0, 0.1) is 0 Å². The molecule has 0 bridgehead atoms. The molecule has 4 nitrogen and oxygen atoms in total. The van der Waals surface area contributed by atoms with Gasteiger partial charge < -0.3 is 9.88 Å². The zero-order valence-electron chi connectivity index (χ0n) is 11.8. The summed E-state index contributed by atoms with van der Waals surface area (Å²) in [6.07, 6.45) is 5.26. The van der Waals surface area contributed by atoms with Crippen LogP contribution in [0.5, 0.6) is 0 Å². The number of nitrogens with one attached hydrogen (secondary N) is 1. The molecule has 0 fully saturated rings. The van der Waals surface area contributed by atoms with Crippen LogP contribution in [-0.2, 0) is 26.6 Å². The maximum atomic E-state index is 4.53. The van der Waals surface area contributed by atoms with Gasteiger partial charge in [0.25, 0.3) is 0 Å². The topological polar surface area (TPSA) is 34.8 Å². The standard InChI is InChI=1S/C14H21BrN4/c1-4-12-14(15)13(18(3)17-12)10-19-7-6-11(9-19)8-16-5-2/h6-7,9,16H,4-5,8,10H2,1-3H3. The van der Waals surface area contributed by atoms with Crippen molar-refractivity contribution in [3.63, 3.8) is 0 Å². The van der Waals surface area contributed by atoms with E-state index in [0.717, 1.165) is 36.2 Å². The van der Waals surface area contributed by atoms with Gasteiger partial charge in [-0.1, -0.05) is 13.8 Å². The molecule has 0 spiro atoms. The smallest absolute Gasteiger partial charge is 0.0767 e. The van der Waals surface area contributed by atoms with Gasteiger partial charge in [-0.25, -0.2) is 0 Å². The predicted molar refractivity (Wildman–Crippen MR) is 81.2 cm³/mol. The highest BCUT2D eigenvalue weighted by Crippen LogP contribution is 2.22. The zero-order valence-corrected chi connectivity index (χ0v) is 13.4. The highest BCUT2D eigenvalue weighted by Gasteiger charge is 2.12. The lowest BCUT2D eigenvalue weighted by atomic mass is 10.3. The Hall–Kier alpha value is -1.07. The first-order valence-electron chi connectivity index (χ1n) is 6.71. The Morgan fingerprint density at radius 3 is 2.79 bits per heavy atom. The Balaban J connectivity index is 2.12. The molecular weight excluding hydrogens is 304 g/mol. The number of aromatic nitrogens is 3. The lowest BCUT2D eigenvalue weighted by Gasteiger charge is -2.04. The molecule has 0 aliphatic rings. The summed E-state index contributed by atoms with van der Waals surface area (Å²) >= 11 is 3.66. The second-order valence-corrected chi connectivity index (χ2v) is 5.45. The molecule has 0 unspecified atom stereocenters. The van der Waals surface area contributed by atoms with E-state index in [2.05, 4.69) is 63.2 Å². The highest BCUT2D eigenvalue weighted by molar-refractivity contribution is 9.10. The van der Waals surface area contributed by atoms with Gasteiger partial charge in [0.1, 0.15) is 0 Å². The summed E-state index contributed by atoms with van der Waals surface area (Å²) in [6, 6.07) is 2.16. The average molecular weight is 325 g/mol. The summed E-state index contributed by atoms with van der Waals surface area (Å²) < 4.78 is 5.31. The Morgan fingerprint density at radius 1 is 1.37 bits per heavy atom. The fraction of sp³-hybridized carbons (Fsp3) is 0.500. The maximum absolute atomic E-state index is 4.53. The van der Waals surface area contributed by atoms with Crippen LogP contribution < -0.4 is 5.32 Å². The van der Waals surface area contributed by atoms with Gasteiger partial charge >= 0.3 is 0 Å². The first-order chi connectivity index (χ1) is 9.15. The monoisotopic (exact) mass is 324 g/mol. The predicted octanol–water partition coefficient (Wildman–Crippen LogP) is 2.70. The second-order valence-electron chi connectivity index (χ2n) is 4.66. The maximum Gasteiger partial charge on any atom is 0.0767 e. The molecule has 2 rings (SSSR count). The quantitative estimate of drug-likeness (QED) is 0.886. The summed E-state index contributed by atoms with van der Waals surface area (Å²) in [4.78, 5) is 0. The van der Waals surface area contributed by atoms with Crippen LogP contribution in [0.4, 0.5) is 0 Å². The van der Waals surface area contributed by atoms with Crippen LogP contribution >= 0.6 is 15.9 Å². The third kappa shape index (κ3) is 3.28. The fourth-order valence-corrected chi connectivity index (χ4v) is 2.87. The van der Waals surface area contributed by atoms with E-state index >= 15 is 0 Å². The van der Waals surface area contributed by atoms with Gasteiger partial charge in [-0.2, -0.15) is 5.10 Å². The molecule has 19 heavy (non-hydrogen) atoms. The Kier molecular flexibility index (Phi) is 4.82. The van der Waals surface area contributed by atoms with Crippen LogP contribution in [0.15, 0.2) is 22.9 Å². The summed E-state index contributed by atoms with van der Waals surface area (Å²) in [7, 11) is 2.00. The number of hydrogen-bond donors (Lipinski definition) is 1. The molecule has 104 valence electrons. The van der Waals surface area contributed by atoms with Crippen molar-refractivity contribution < 1.29 is 0 Å². The molecule has 2 heterocycles. The van der Waals surface area contributed by atoms with Crippen LogP contribution in [0.25, 0.3) is 0 Å². The van der Waals surface area contributed by atoms with Crippen molar-refractivity contribution >= 4 is 15.9 Å². The van der Waals surface area contributed by atoms with Gasteiger partial charge in [-0.05, 0) is 40.5 Å². The molecule has 0 aliphatic heterocycles. The summed E-state index contributed by atoms with van der Waals surface area (Å²) in [5.41, 5.74) is 3.65. The van der Waals surface area contributed by atoms with E-state index in [1.165, 1.54) is 11.3 Å². The number of nitrogens with zero attached hydrogens (tertiary/aromatic N) is 3. The molecule has 1 N–H and O–H groups in total. The molecule has 0 aromatic carbocycles. The minimum absolute atomic E-state index is 0.843. The van der Waals surface area contributed by atoms with Crippen molar-refractivity contribution in [1.29, 1.82) is 0 Å². The van der Waals surface area contributed by atoms with Crippen molar-refractivity contribution in [2.24, 2.45) is 7.05 Å². The lowest BCUT2D eigenvalue weighted by molar-refractivity contribution is 0.658. The van der Waals surface area contributed by atoms with E-state index in [0.29, 0.717) is 0 Å². The fourth-order valence-electron chi connectivity index (χ4n) is 2.13. The van der Waals surface area contributed by atoms with E-state index in [-0.39, 0.29) is 0 Å². The van der Waals surface area contributed by atoms with E-state index in [1.807, 2.05) is 11.7 Å². The molecule has 0 atom stereocenters. The van der Waals surface area contributed by atoms with Gasteiger partial charge in [-0.3, -0.25) is 4.68 Å². The molecule has 2 aromatic heterocycles. The van der Waals surface area contributed by atoms with Crippen molar-refractivity contribution in [3.05, 3.63) is 39.9 Å². The minimum atomic E-state index is 0.843. The molecule has 2 aromatic rings. The second kappa shape index (κ2) is 6.39. The number of aryl methyl sites for hydroxylation is 2. The third-order valence-electron chi connectivity index (χ3n) is 3.23. The number of halogens is 1. The van der Waals surface area contributed by atoms with Crippen molar-refractivity contribution in [2.75, 3.05) is 6.54 Å². The van der Waals surface area contributed by atoms with Gasteiger partial charge in [0, 0.05) is 26.0 Å². The molecule has 0 amide bonds. The summed E-state index contributed by atoms with van der Waals surface area (Å²) in [6.45, 7) is 7.02. The Labute approximate surface area is 122 Å². The Bertz CT molecular complexity index is 542. The van der Waals surface area contributed by atoms with Gasteiger partial charge in [0.15, 0.2) is 0 Å². The van der Waals surface area contributed by atoms with Crippen LogP contribution in [0.1, 0.15) is 30.8 Å². The van der Waals surface area contributed by atoms with Gasteiger partial charge in [0.05, 0.1) is 22.4 Å². The highest BCUT2D eigenvalue weighted by atomic mass is 79.9. The Morgan fingerprint density at radius 2 is 2.16 bits per heavy atom. The van der Waals surface area contributed by atoms with Crippen LogP contribution in [0.2, 0.25) is 0 Å². The molecular formula is C14H21BrN4. The van der Waals surface area contributed by atoms with E-state index in [4.69, 9.17) is 0 Å². The molecule has 0 aliphatic carbocycles. The van der Waals surface area contributed by atoms with Gasteiger partial charge in [-0.15, -0.1) is 0 Å². The largest absolute Gasteiger partial charge is 0.348 e. The van der Waals surface area contributed by atoms with Gasteiger partial charge in [0.2, 0.25) is 0 Å². The summed E-state index contributed by atoms with van der Waals surface area (Å²) in [5.74, 6) is 0. The van der Waals surface area contributed by atoms with E-state index in [1.54, 1.807) is 0 Å². The molecule has 0 radical (unpaired) electrons. The number of hydrogen-bond acceptors (Lipinski definition) is 2. The zero-order chi connectivity index (χ0) is 13.8. The SMILES string of the molecule is CCNCc1ccn(Cc2c(Br)c(CC)nn2C)c1. The summed E-state index contributed by atoms with van der Waals surface area (Å²) in [5, 5.41) is 7.86. The molecule has 5 heteroatoms. The normalized spacial score (nSPS) is 11.2. The van der Waals surface area contributed by atoms with Crippen molar-refractivity contribution in [1.82, 2.24) is 19.7 Å². The number of rotatable bonds is 6. The van der Waals surface area contributed by atoms with Crippen molar-refractivity contribution in [3.8, 4) is 0 Å². The lowest BCUT2D eigenvalue weighted by Crippen LogP contribution is -2.11. The average Bonchev–Trinajstić information content (AvgIpc) is 2.96. The van der Waals surface area contributed by atoms with E-state index in [9.17, 15) is 0 Å². The molecule has 0 saturated carbocycles. The third-order valence-corrected chi connectivity index (χ3v) is 4.14. The van der Waals surface area contributed by atoms with Crippen LogP contribution in [-0.4, -0.2) is 20.9 Å². The van der Waals surface area contributed by atoms with Crippen LogP contribution in [0.3, 0.4) is 0 Å². The molecule has 0 saturated heterocycles. The van der Waals surface area contributed by atoms with E-state index < -0.39 is 0 Å². The van der Waals surface area contributed by atoms with Crippen molar-refractivity contribution in [2.45, 2.75) is 33.4 Å².